The van der Waals surface area contributed by atoms with Crippen molar-refractivity contribution in [3.05, 3.63) is 277 Å². The van der Waals surface area contributed by atoms with Crippen LogP contribution in [0.5, 0.6) is 0 Å². The molecule has 63 heavy (non-hydrogen) atoms. The molecule has 0 N–H and O–H groups in total. The van der Waals surface area contributed by atoms with E-state index in [-0.39, 0.29) is 0 Å². The molecule has 10 aromatic rings. The summed E-state index contributed by atoms with van der Waals surface area (Å²) in [5.41, 5.74) is 21.0. The summed E-state index contributed by atoms with van der Waals surface area (Å²) in [6, 6.07) is 93.3. The van der Waals surface area contributed by atoms with E-state index in [2.05, 4.69) is 265 Å². The molecule has 12 rings (SSSR count). The van der Waals surface area contributed by atoms with Gasteiger partial charge >= 0.3 is 0 Å². The molecule has 1 aliphatic carbocycles. The van der Waals surface area contributed by atoms with Crippen molar-refractivity contribution in [3.8, 4) is 44.5 Å². The van der Waals surface area contributed by atoms with Crippen LogP contribution in [0.2, 0.25) is 0 Å². The second kappa shape index (κ2) is 15.1. The van der Waals surface area contributed by atoms with Gasteiger partial charge in [-0.05, 0) is 122 Å². The van der Waals surface area contributed by atoms with Crippen LogP contribution in [0.3, 0.4) is 0 Å². The van der Waals surface area contributed by atoms with Gasteiger partial charge in [-0.2, -0.15) is 0 Å². The van der Waals surface area contributed by atoms with Gasteiger partial charge in [0.2, 0.25) is 0 Å². The predicted molar refractivity (Wildman–Crippen MR) is 263 cm³/mol. The molecule has 10 aromatic carbocycles. The quantitative estimate of drug-likeness (QED) is 0.158. The molecule has 0 atom stereocenters. The first-order valence-electron chi connectivity index (χ1n) is 21.8. The highest BCUT2D eigenvalue weighted by molar-refractivity contribution is 6.01. The molecule has 2 aliphatic rings. The summed E-state index contributed by atoms with van der Waals surface area (Å²) in [5.74, 6) is 0. The third-order valence-electron chi connectivity index (χ3n) is 13.0. The molecule has 2 nitrogen and oxygen atoms in total. The van der Waals surface area contributed by atoms with E-state index < -0.39 is 5.41 Å². The first-order chi connectivity index (χ1) is 31.3. The Hall–Kier alpha value is -8.20. The highest BCUT2D eigenvalue weighted by Gasteiger charge is 2.52. The fourth-order valence-electron chi connectivity index (χ4n) is 10.4. The van der Waals surface area contributed by atoms with E-state index in [0.29, 0.717) is 0 Å². The monoisotopic (exact) mass is 802 g/mol. The van der Waals surface area contributed by atoms with Crippen LogP contribution in [-0.2, 0) is 5.41 Å². The molecular formula is C61H42N2. The SMILES string of the molecule is c1ccc(-c2ccc(N(c3cccc(-c4cccc(-c5ccccc5)c4)c3)c3cccc4c3-c3ccccc3C43c4ccccc4N(c4ccccc4)c4ccccc43)cc2)cc1. The first kappa shape index (κ1) is 36.6. The largest absolute Gasteiger partial charge is 0.310 e. The van der Waals surface area contributed by atoms with E-state index >= 15 is 0 Å². The van der Waals surface area contributed by atoms with Gasteiger partial charge in [-0.15, -0.1) is 0 Å². The second-order valence-electron chi connectivity index (χ2n) is 16.4. The van der Waals surface area contributed by atoms with Crippen LogP contribution in [-0.4, -0.2) is 0 Å². The van der Waals surface area contributed by atoms with Crippen LogP contribution in [0.4, 0.5) is 34.1 Å². The maximum atomic E-state index is 2.48. The van der Waals surface area contributed by atoms with Crippen LogP contribution in [0.25, 0.3) is 44.5 Å². The van der Waals surface area contributed by atoms with Gasteiger partial charge in [0.25, 0.3) is 0 Å². The summed E-state index contributed by atoms with van der Waals surface area (Å²) in [7, 11) is 0. The highest BCUT2D eigenvalue weighted by atomic mass is 15.2. The van der Waals surface area contributed by atoms with Crippen molar-refractivity contribution in [3.63, 3.8) is 0 Å². The molecule has 1 heterocycles. The fourth-order valence-corrected chi connectivity index (χ4v) is 10.4. The molecule has 0 radical (unpaired) electrons. The van der Waals surface area contributed by atoms with Gasteiger partial charge in [0.15, 0.2) is 0 Å². The molecular weight excluding hydrogens is 761 g/mol. The average molecular weight is 803 g/mol. The smallest absolute Gasteiger partial charge is 0.0755 e. The normalized spacial score (nSPS) is 12.9. The molecule has 0 saturated heterocycles. The molecule has 2 heteroatoms. The lowest BCUT2D eigenvalue weighted by molar-refractivity contribution is 0.752. The molecule has 296 valence electrons. The van der Waals surface area contributed by atoms with Gasteiger partial charge < -0.3 is 9.80 Å². The topological polar surface area (TPSA) is 6.48 Å². The molecule has 0 fully saturated rings. The fraction of sp³-hybridized carbons (Fsp3) is 0.0164. The number of benzene rings is 10. The zero-order chi connectivity index (χ0) is 41.7. The number of para-hydroxylation sites is 3. The third kappa shape index (κ3) is 5.87. The summed E-state index contributed by atoms with van der Waals surface area (Å²) in [6.45, 7) is 0. The molecule has 0 unspecified atom stereocenters. The third-order valence-corrected chi connectivity index (χ3v) is 13.0. The van der Waals surface area contributed by atoms with Crippen molar-refractivity contribution in [2.45, 2.75) is 5.41 Å². The Balaban J connectivity index is 1.10. The summed E-state index contributed by atoms with van der Waals surface area (Å²) in [5, 5.41) is 0. The van der Waals surface area contributed by atoms with Crippen molar-refractivity contribution in [2.75, 3.05) is 9.80 Å². The number of rotatable bonds is 7. The molecule has 0 saturated carbocycles. The summed E-state index contributed by atoms with van der Waals surface area (Å²) in [6.07, 6.45) is 0. The van der Waals surface area contributed by atoms with E-state index in [4.69, 9.17) is 0 Å². The van der Waals surface area contributed by atoms with Crippen molar-refractivity contribution < 1.29 is 0 Å². The molecule has 0 aromatic heterocycles. The Kier molecular flexibility index (Phi) is 8.76. The van der Waals surface area contributed by atoms with Crippen LogP contribution in [0.1, 0.15) is 22.3 Å². The number of anilines is 6. The van der Waals surface area contributed by atoms with Gasteiger partial charge in [-0.25, -0.2) is 0 Å². The van der Waals surface area contributed by atoms with Crippen molar-refractivity contribution in [1.82, 2.24) is 0 Å². The van der Waals surface area contributed by atoms with Crippen LogP contribution >= 0.6 is 0 Å². The molecule has 0 amide bonds. The van der Waals surface area contributed by atoms with E-state index in [1.165, 1.54) is 72.6 Å². The van der Waals surface area contributed by atoms with Crippen molar-refractivity contribution in [1.29, 1.82) is 0 Å². The van der Waals surface area contributed by atoms with Gasteiger partial charge in [-0.1, -0.05) is 194 Å². The highest BCUT2D eigenvalue weighted by Crippen LogP contribution is 2.65. The van der Waals surface area contributed by atoms with Crippen LogP contribution in [0, 0.1) is 0 Å². The minimum Gasteiger partial charge on any atom is -0.310 e. The minimum absolute atomic E-state index is 0.567. The summed E-state index contributed by atoms with van der Waals surface area (Å²) in [4.78, 5) is 4.92. The number of fused-ring (bicyclic) bond motifs is 9. The molecule has 1 aliphatic heterocycles. The summed E-state index contributed by atoms with van der Waals surface area (Å²) >= 11 is 0. The van der Waals surface area contributed by atoms with Gasteiger partial charge in [0.1, 0.15) is 0 Å². The number of nitrogens with zero attached hydrogens (tertiary/aromatic N) is 2. The molecule has 1 spiro atoms. The van der Waals surface area contributed by atoms with Gasteiger partial charge in [0.05, 0.1) is 22.5 Å². The zero-order valence-electron chi connectivity index (χ0n) is 34.6. The standard InChI is InChI=1S/C61H42N2/c1-4-19-43(20-5-1)45-37-39-50(40-38-45)62(51-28-17-25-48(42-51)47-24-16-23-46(41-47)44-21-6-2-7-22-44)59-36-18-33-56-60(59)52-29-10-11-30-53(52)61(56)54-31-12-14-34-57(54)63(49-26-8-3-9-27-49)58-35-15-13-32-55(58)61/h1-42H. The van der Waals surface area contributed by atoms with Crippen molar-refractivity contribution >= 4 is 34.1 Å². The molecule has 0 bridgehead atoms. The Morgan fingerprint density at radius 2 is 0.762 bits per heavy atom. The van der Waals surface area contributed by atoms with E-state index in [1.54, 1.807) is 0 Å². The predicted octanol–water partition coefficient (Wildman–Crippen LogP) is 16.3. The van der Waals surface area contributed by atoms with Gasteiger partial charge in [-0.3, -0.25) is 0 Å². The van der Waals surface area contributed by atoms with Crippen molar-refractivity contribution in [2.24, 2.45) is 0 Å². The van der Waals surface area contributed by atoms with Crippen LogP contribution in [0.15, 0.2) is 255 Å². The number of hydrogen-bond acceptors (Lipinski definition) is 2. The Morgan fingerprint density at radius 3 is 1.43 bits per heavy atom. The lowest BCUT2D eigenvalue weighted by atomic mass is 9.64. The Labute approximate surface area is 369 Å². The zero-order valence-corrected chi connectivity index (χ0v) is 34.6. The Morgan fingerprint density at radius 1 is 0.302 bits per heavy atom. The summed E-state index contributed by atoms with van der Waals surface area (Å²) < 4.78 is 0. The van der Waals surface area contributed by atoms with Crippen LogP contribution < -0.4 is 9.80 Å². The average Bonchev–Trinajstić information content (AvgIpc) is 3.66. The minimum atomic E-state index is -0.567. The lowest BCUT2D eigenvalue weighted by Gasteiger charge is -2.45. The maximum absolute atomic E-state index is 2.48. The maximum Gasteiger partial charge on any atom is 0.0755 e. The first-order valence-corrected chi connectivity index (χ1v) is 21.8. The van der Waals surface area contributed by atoms with Gasteiger partial charge in [0, 0.05) is 22.6 Å². The van der Waals surface area contributed by atoms with E-state index in [9.17, 15) is 0 Å². The second-order valence-corrected chi connectivity index (χ2v) is 16.4. The number of hydrogen-bond donors (Lipinski definition) is 0. The lowest BCUT2D eigenvalue weighted by Crippen LogP contribution is -2.36. The van der Waals surface area contributed by atoms with E-state index in [1.807, 2.05) is 0 Å². The Bertz CT molecular complexity index is 3230. The van der Waals surface area contributed by atoms with E-state index in [0.717, 1.165) is 28.3 Å².